The second-order valence-corrected chi connectivity index (χ2v) is 6.91. The summed E-state index contributed by atoms with van der Waals surface area (Å²) in [5.74, 6) is 0.620. The van der Waals surface area contributed by atoms with Gasteiger partial charge in [-0.1, -0.05) is 29.8 Å². The first-order valence-electron chi connectivity index (χ1n) is 7.28. The number of nitrogens with zero attached hydrogens (tertiary/aromatic N) is 3. The van der Waals surface area contributed by atoms with Crippen LogP contribution in [0.25, 0.3) is 0 Å². The van der Waals surface area contributed by atoms with E-state index in [0.717, 1.165) is 24.6 Å². The molecular formula is C16H21N3S. The van der Waals surface area contributed by atoms with Gasteiger partial charge < -0.3 is 0 Å². The number of hydrogen-bond donors (Lipinski definition) is 0. The van der Waals surface area contributed by atoms with Crippen LogP contribution in [0.5, 0.6) is 0 Å². The average Bonchev–Trinajstić information content (AvgIpc) is 2.86. The van der Waals surface area contributed by atoms with Gasteiger partial charge in [0.05, 0.1) is 0 Å². The normalized spacial score (nSPS) is 17.5. The highest BCUT2D eigenvalue weighted by molar-refractivity contribution is 7.11. The summed E-state index contributed by atoms with van der Waals surface area (Å²) < 4.78 is 0. The summed E-state index contributed by atoms with van der Waals surface area (Å²) in [6.45, 7) is 7.60. The molecule has 3 rings (SSSR count). The van der Waals surface area contributed by atoms with Crippen LogP contribution < -0.4 is 0 Å². The Morgan fingerprint density at radius 3 is 2.65 bits per heavy atom. The molecule has 4 heteroatoms. The summed E-state index contributed by atoms with van der Waals surface area (Å²) in [5.41, 5.74) is 2.77. The number of hydrogen-bond acceptors (Lipinski definition) is 4. The third-order valence-corrected chi connectivity index (χ3v) is 4.97. The summed E-state index contributed by atoms with van der Waals surface area (Å²) in [4.78, 5) is 2.55. The molecule has 0 N–H and O–H groups in total. The highest BCUT2D eigenvalue weighted by Crippen LogP contribution is 2.30. The smallest absolute Gasteiger partial charge is 0.120 e. The van der Waals surface area contributed by atoms with Crippen LogP contribution in [-0.2, 0) is 6.54 Å². The van der Waals surface area contributed by atoms with Crippen molar-refractivity contribution >= 4 is 11.3 Å². The molecule has 3 nitrogen and oxygen atoms in total. The minimum absolute atomic E-state index is 0.620. The fraction of sp³-hybridized carbons (Fsp3) is 0.500. The summed E-state index contributed by atoms with van der Waals surface area (Å²) >= 11 is 1.76. The molecule has 1 aromatic carbocycles. The van der Waals surface area contributed by atoms with Crippen molar-refractivity contribution in [3.63, 3.8) is 0 Å². The lowest BCUT2D eigenvalue weighted by Gasteiger charge is -2.30. The zero-order valence-corrected chi connectivity index (χ0v) is 13.0. The van der Waals surface area contributed by atoms with Crippen LogP contribution >= 0.6 is 11.3 Å². The highest BCUT2D eigenvalue weighted by atomic mass is 32.1. The van der Waals surface area contributed by atoms with Crippen molar-refractivity contribution in [1.82, 2.24) is 15.1 Å². The van der Waals surface area contributed by atoms with Crippen LogP contribution in [0, 0.1) is 13.8 Å². The van der Waals surface area contributed by atoms with Crippen molar-refractivity contribution in [3.05, 3.63) is 45.4 Å². The Bertz CT molecular complexity index is 571. The molecule has 0 radical (unpaired) electrons. The molecule has 1 saturated heterocycles. The molecule has 1 fully saturated rings. The van der Waals surface area contributed by atoms with Gasteiger partial charge >= 0.3 is 0 Å². The minimum atomic E-state index is 0.620. The van der Waals surface area contributed by atoms with Crippen molar-refractivity contribution in [2.75, 3.05) is 13.1 Å². The Morgan fingerprint density at radius 1 is 1.20 bits per heavy atom. The van der Waals surface area contributed by atoms with E-state index in [1.165, 1.54) is 29.0 Å². The molecule has 0 aliphatic carbocycles. The van der Waals surface area contributed by atoms with Crippen molar-refractivity contribution in [1.29, 1.82) is 0 Å². The van der Waals surface area contributed by atoms with Gasteiger partial charge in [0, 0.05) is 12.5 Å². The number of aromatic nitrogens is 2. The van der Waals surface area contributed by atoms with Gasteiger partial charge in [-0.2, -0.15) is 0 Å². The van der Waals surface area contributed by atoms with E-state index in [-0.39, 0.29) is 0 Å². The number of likely N-dealkylation sites (tertiary alicyclic amines) is 1. The van der Waals surface area contributed by atoms with E-state index in [4.69, 9.17) is 0 Å². The number of rotatable bonds is 3. The van der Waals surface area contributed by atoms with Crippen molar-refractivity contribution in [3.8, 4) is 0 Å². The Labute approximate surface area is 124 Å². The zero-order chi connectivity index (χ0) is 13.9. The maximum atomic E-state index is 4.31. The predicted molar refractivity (Wildman–Crippen MR) is 83.1 cm³/mol. The molecule has 0 spiro atoms. The number of piperidine rings is 1. The summed E-state index contributed by atoms with van der Waals surface area (Å²) in [7, 11) is 0. The van der Waals surface area contributed by atoms with Gasteiger partial charge in [0.15, 0.2) is 0 Å². The van der Waals surface area contributed by atoms with Gasteiger partial charge in [0.1, 0.15) is 10.0 Å². The van der Waals surface area contributed by atoms with Gasteiger partial charge in [-0.25, -0.2) is 0 Å². The first kappa shape index (κ1) is 13.7. The van der Waals surface area contributed by atoms with Gasteiger partial charge in [0.2, 0.25) is 0 Å². The second kappa shape index (κ2) is 6.02. The first-order valence-corrected chi connectivity index (χ1v) is 8.10. The largest absolute Gasteiger partial charge is 0.299 e. The molecular weight excluding hydrogens is 266 g/mol. The average molecular weight is 287 g/mol. The fourth-order valence-electron chi connectivity index (χ4n) is 2.88. The number of benzene rings is 1. The van der Waals surface area contributed by atoms with Crippen LogP contribution in [-0.4, -0.2) is 28.2 Å². The van der Waals surface area contributed by atoms with Crippen LogP contribution in [0.15, 0.2) is 24.3 Å². The molecule has 2 heterocycles. The van der Waals surface area contributed by atoms with Gasteiger partial charge in [0.25, 0.3) is 0 Å². The molecule has 0 bridgehead atoms. The van der Waals surface area contributed by atoms with E-state index in [9.17, 15) is 0 Å². The molecule has 1 aliphatic rings. The van der Waals surface area contributed by atoms with Crippen LogP contribution in [0.1, 0.15) is 39.9 Å². The first-order chi connectivity index (χ1) is 9.70. The van der Waals surface area contributed by atoms with Gasteiger partial charge in [-0.3, -0.25) is 4.90 Å². The molecule has 0 saturated carbocycles. The van der Waals surface area contributed by atoms with E-state index in [2.05, 4.69) is 46.3 Å². The summed E-state index contributed by atoms with van der Waals surface area (Å²) in [6, 6.07) is 8.84. The van der Waals surface area contributed by atoms with E-state index in [1.807, 2.05) is 6.92 Å². The maximum absolute atomic E-state index is 4.31. The molecule has 0 unspecified atom stereocenters. The molecule has 2 aromatic rings. The Hall–Kier alpha value is -1.26. The lowest BCUT2D eigenvalue weighted by molar-refractivity contribution is 0.204. The van der Waals surface area contributed by atoms with Crippen molar-refractivity contribution in [2.24, 2.45) is 0 Å². The summed E-state index contributed by atoms with van der Waals surface area (Å²) in [6.07, 6.45) is 2.42. The standard InChI is InChI=1S/C16H21N3S/c1-12-4-3-5-14(10-12)11-19-8-6-15(7-9-19)16-18-17-13(2)20-16/h3-5,10,15H,6-9,11H2,1-2H3. The zero-order valence-electron chi connectivity index (χ0n) is 12.2. The van der Waals surface area contributed by atoms with E-state index in [1.54, 1.807) is 11.3 Å². The Kier molecular flexibility index (Phi) is 4.13. The maximum Gasteiger partial charge on any atom is 0.120 e. The summed E-state index contributed by atoms with van der Waals surface area (Å²) in [5, 5.41) is 10.8. The molecule has 20 heavy (non-hydrogen) atoms. The Balaban J connectivity index is 1.56. The van der Waals surface area contributed by atoms with Crippen molar-refractivity contribution in [2.45, 2.75) is 39.2 Å². The van der Waals surface area contributed by atoms with Crippen molar-refractivity contribution < 1.29 is 0 Å². The third-order valence-electron chi connectivity index (χ3n) is 3.97. The molecule has 0 atom stereocenters. The molecule has 1 aliphatic heterocycles. The monoisotopic (exact) mass is 287 g/mol. The number of aryl methyl sites for hydroxylation is 2. The third kappa shape index (κ3) is 3.25. The molecule has 106 valence electrons. The molecule has 0 amide bonds. The van der Waals surface area contributed by atoms with Gasteiger partial charge in [-0.15, -0.1) is 21.5 Å². The quantitative estimate of drug-likeness (QED) is 0.864. The van der Waals surface area contributed by atoms with Crippen LogP contribution in [0.3, 0.4) is 0 Å². The predicted octanol–water partition coefficient (Wildman–Crippen LogP) is 3.53. The lowest BCUT2D eigenvalue weighted by Crippen LogP contribution is -2.32. The van der Waals surface area contributed by atoms with E-state index in [0.29, 0.717) is 5.92 Å². The van der Waals surface area contributed by atoms with E-state index < -0.39 is 0 Å². The lowest BCUT2D eigenvalue weighted by atomic mass is 9.97. The second-order valence-electron chi connectivity index (χ2n) is 5.70. The minimum Gasteiger partial charge on any atom is -0.299 e. The fourth-order valence-corrected chi connectivity index (χ4v) is 3.75. The van der Waals surface area contributed by atoms with E-state index >= 15 is 0 Å². The van der Waals surface area contributed by atoms with Gasteiger partial charge in [-0.05, 0) is 45.3 Å². The van der Waals surface area contributed by atoms with Crippen LogP contribution in [0.2, 0.25) is 0 Å². The van der Waals surface area contributed by atoms with Crippen LogP contribution in [0.4, 0.5) is 0 Å². The highest BCUT2D eigenvalue weighted by Gasteiger charge is 2.23. The SMILES string of the molecule is Cc1cccc(CN2CCC(c3nnc(C)s3)CC2)c1. The molecule has 1 aromatic heterocycles. The Morgan fingerprint density at radius 2 is 2.00 bits per heavy atom. The topological polar surface area (TPSA) is 29.0 Å².